The number of hydrogen-bond donors (Lipinski definition) is 1. The van der Waals surface area contributed by atoms with Gasteiger partial charge in [-0.3, -0.25) is 19.3 Å². The lowest BCUT2D eigenvalue weighted by atomic mass is 10.0. The molecule has 0 aromatic heterocycles. The zero-order valence-corrected chi connectivity index (χ0v) is 20.8. The molecule has 1 aliphatic rings. The fourth-order valence-electron chi connectivity index (χ4n) is 3.94. The number of fused-ring (bicyclic) bond motifs is 1. The minimum absolute atomic E-state index is 0.0672. The molecule has 0 saturated heterocycles. The van der Waals surface area contributed by atoms with Gasteiger partial charge in [0.25, 0.3) is 17.7 Å². The van der Waals surface area contributed by atoms with Crippen LogP contribution in [0.4, 0.5) is 5.69 Å². The molecule has 1 N–H and O–H groups in total. The molecular formula is C27H23BrN2O5. The van der Waals surface area contributed by atoms with E-state index in [1.807, 2.05) is 32.0 Å². The Bertz CT molecular complexity index is 1290. The Balaban J connectivity index is 1.51. The standard InChI is InChI=1S/C27H23BrN2O5/c1-16-13-22(17(2)12-21(16)28)29-24(31)15-35-27(34)23(14-18-8-4-3-5-9-18)30-25(32)19-10-6-7-11-20(19)26(30)33/h3-13,23H,14-15H2,1-2H3,(H,29,31)/t23-/m1/s1. The quantitative estimate of drug-likeness (QED) is 0.357. The van der Waals surface area contributed by atoms with Crippen molar-refractivity contribution in [2.45, 2.75) is 26.3 Å². The van der Waals surface area contributed by atoms with Crippen LogP contribution < -0.4 is 5.32 Å². The molecule has 0 bridgehead atoms. The molecule has 0 aliphatic carbocycles. The Labute approximate surface area is 211 Å². The van der Waals surface area contributed by atoms with Crippen LogP contribution >= 0.6 is 15.9 Å². The zero-order valence-electron chi connectivity index (χ0n) is 19.2. The highest BCUT2D eigenvalue weighted by Crippen LogP contribution is 2.27. The molecule has 0 spiro atoms. The Kier molecular flexibility index (Phi) is 7.12. The topological polar surface area (TPSA) is 92.8 Å². The summed E-state index contributed by atoms with van der Waals surface area (Å²) in [5, 5.41) is 2.74. The lowest BCUT2D eigenvalue weighted by Crippen LogP contribution is -2.47. The first-order valence-electron chi connectivity index (χ1n) is 11.0. The number of halogens is 1. The highest BCUT2D eigenvalue weighted by molar-refractivity contribution is 9.10. The van der Waals surface area contributed by atoms with Crippen LogP contribution in [0.25, 0.3) is 0 Å². The number of nitrogens with zero attached hydrogens (tertiary/aromatic N) is 1. The van der Waals surface area contributed by atoms with Gasteiger partial charge in [0.1, 0.15) is 6.04 Å². The third-order valence-corrected chi connectivity index (χ3v) is 6.66. The summed E-state index contributed by atoms with van der Waals surface area (Å²) >= 11 is 3.45. The first-order valence-corrected chi connectivity index (χ1v) is 11.8. The molecule has 1 heterocycles. The van der Waals surface area contributed by atoms with Crippen LogP contribution in [0.15, 0.2) is 71.2 Å². The van der Waals surface area contributed by atoms with E-state index in [0.29, 0.717) is 5.69 Å². The van der Waals surface area contributed by atoms with E-state index in [1.165, 1.54) is 0 Å². The molecule has 8 heteroatoms. The second-order valence-electron chi connectivity index (χ2n) is 8.30. The van der Waals surface area contributed by atoms with Gasteiger partial charge in [-0.1, -0.05) is 58.4 Å². The lowest BCUT2D eigenvalue weighted by molar-refractivity contribution is -0.151. The van der Waals surface area contributed by atoms with E-state index in [4.69, 9.17) is 4.74 Å². The monoisotopic (exact) mass is 534 g/mol. The third kappa shape index (κ3) is 5.17. The highest BCUT2D eigenvalue weighted by atomic mass is 79.9. The van der Waals surface area contributed by atoms with E-state index in [2.05, 4.69) is 21.2 Å². The molecule has 1 aliphatic heterocycles. The number of ether oxygens (including phenoxy) is 1. The number of carbonyl (C=O) groups excluding carboxylic acids is 4. The van der Waals surface area contributed by atoms with Gasteiger partial charge in [-0.2, -0.15) is 0 Å². The van der Waals surface area contributed by atoms with Crippen molar-refractivity contribution in [1.29, 1.82) is 0 Å². The van der Waals surface area contributed by atoms with Crippen molar-refractivity contribution in [2.24, 2.45) is 0 Å². The summed E-state index contributed by atoms with van der Waals surface area (Å²) in [5.41, 5.74) is 3.61. The summed E-state index contributed by atoms with van der Waals surface area (Å²) in [6, 6.07) is 17.9. The van der Waals surface area contributed by atoms with Crippen molar-refractivity contribution in [3.8, 4) is 0 Å². The van der Waals surface area contributed by atoms with Crippen LogP contribution in [-0.4, -0.2) is 41.2 Å². The van der Waals surface area contributed by atoms with Crippen molar-refractivity contribution in [1.82, 2.24) is 4.90 Å². The van der Waals surface area contributed by atoms with Gasteiger partial charge < -0.3 is 10.1 Å². The minimum Gasteiger partial charge on any atom is -0.454 e. The van der Waals surface area contributed by atoms with Gasteiger partial charge >= 0.3 is 5.97 Å². The maximum Gasteiger partial charge on any atom is 0.330 e. The number of amides is 3. The van der Waals surface area contributed by atoms with Gasteiger partial charge in [-0.25, -0.2) is 4.79 Å². The molecule has 0 unspecified atom stereocenters. The summed E-state index contributed by atoms with van der Waals surface area (Å²) in [6.45, 7) is 3.20. The summed E-state index contributed by atoms with van der Waals surface area (Å²) in [4.78, 5) is 52.7. The Morgan fingerprint density at radius 2 is 1.51 bits per heavy atom. The molecule has 7 nitrogen and oxygen atoms in total. The van der Waals surface area contributed by atoms with Gasteiger partial charge in [-0.15, -0.1) is 0 Å². The molecule has 3 amide bonds. The van der Waals surface area contributed by atoms with Crippen molar-refractivity contribution in [3.05, 3.63) is 99.0 Å². The molecule has 1 atom stereocenters. The van der Waals surface area contributed by atoms with Gasteiger partial charge in [0, 0.05) is 16.6 Å². The zero-order chi connectivity index (χ0) is 25.1. The second-order valence-corrected chi connectivity index (χ2v) is 9.16. The number of imide groups is 1. The molecule has 4 rings (SSSR count). The molecule has 178 valence electrons. The van der Waals surface area contributed by atoms with Crippen LogP contribution in [0.3, 0.4) is 0 Å². The third-order valence-electron chi connectivity index (χ3n) is 5.81. The predicted octanol–water partition coefficient (Wildman–Crippen LogP) is 4.46. The van der Waals surface area contributed by atoms with Crippen molar-refractivity contribution < 1.29 is 23.9 Å². The molecule has 0 radical (unpaired) electrons. The Morgan fingerprint density at radius 1 is 0.914 bits per heavy atom. The molecular weight excluding hydrogens is 512 g/mol. The van der Waals surface area contributed by atoms with E-state index in [1.54, 1.807) is 48.5 Å². The van der Waals surface area contributed by atoms with Gasteiger partial charge in [0.15, 0.2) is 6.61 Å². The molecule has 0 fully saturated rings. The summed E-state index contributed by atoms with van der Waals surface area (Å²) in [5.74, 6) is -2.48. The van der Waals surface area contributed by atoms with Crippen LogP contribution in [0.2, 0.25) is 0 Å². The number of nitrogens with one attached hydrogen (secondary N) is 1. The summed E-state index contributed by atoms with van der Waals surface area (Å²) < 4.78 is 6.23. The van der Waals surface area contributed by atoms with Gasteiger partial charge in [0.2, 0.25) is 0 Å². The van der Waals surface area contributed by atoms with E-state index in [9.17, 15) is 19.2 Å². The fourth-order valence-corrected chi connectivity index (χ4v) is 4.40. The average Bonchev–Trinajstić information content (AvgIpc) is 3.10. The molecule has 0 saturated carbocycles. The van der Waals surface area contributed by atoms with E-state index < -0.39 is 36.3 Å². The highest BCUT2D eigenvalue weighted by Gasteiger charge is 2.43. The maximum absolute atomic E-state index is 13.1. The lowest BCUT2D eigenvalue weighted by Gasteiger charge is -2.24. The largest absolute Gasteiger partial charge is 0.454 e. The fraction of sp³-hybridized carbons (Fsp3) is 0.185. The van der Waals surface area contributed by atoms with E-state index in [0.717, 1.165) is 26.1 Å². The number of anilines is 1. The predicted molar refractivity (Wildman–Crippen MR) is 134 cm³/mol. The first kappa shape index (κ1) is 24.3. The number of esters is 1. The number of benzene rings is 3. The van der Waals surface area contributed by atoms with Crippen LogP contribution in [0.1, 0.15) is 37.4 Å². The average molecular weight is 535 g/mol. The van der Waals surface area contributed by atoms with Gasteiger partial charge in [0.05, 0.1) is 11.1 Å². The van der Waals surface area contributed by atoms with Crippen LogP contribution in [0, 0.1) is 13.8 Å². The van der Waals surface area contributed by atoms with Crippen molar-refractivity contribution >= 4 is 45.3 Å². The van der Waals surface area contributed by atoms with E-state index in [-0.39, 0.29) is 17.5 Å². The second kappa shape index (κ2) is 10.2. The maximum atomic E-state index is 13.1. The molecule has 3 aromatic rings. The molecule has 3 aromatic carbocycles. The molecule has 35 heavy (non-hydrogen) atoms. The Morgan fingerprint density at radius 3 is 2.14 bits per heavy atom. The van der Waals surface area contributed by atoms with Crippen LogP contribution in [-0.2, 0) is 20.7 Å². The number of aryl methyl sites for hydroxylation is 2. The summed E-state index contributed by atoms with van der Waals surface area (Å²) in [6.07, 6.45) is 0.0672. The first-order chi connectivity index (χ1) is 16.8. The number of carbonyl (C=O) groups is 4. The van der Waals surface area contributed by atoms with E-state index >= 15 is 0 Å². The number of hydrogen-bond acceptors (Lipinski definition) is 5. The SMILES string of the molecule is Cc1cc(NC(=O)COC(=O)[C@@H](Cc2ccccc2)N2C(=O)c3ccccc3C2=O)c(C)cc1Br. The van der Waals surface area contributed by atoms with Gasteiger partial charge in [-0.05, 0) is 54.8 Å². The summed E-state index contributed by atoms with van der Waals surface area (Å²) in [7, 11) is 0. The normalized spacial score (nSPS) is 13.4. The smallest absolute Gasteiger partial charge is 0.330 e. The van der Waals surface area contributed by atoms with Crippen LogP contribution in [0.5, 0.6) is 0 Å². The van der Waals surface area contributed by atoms with Crippen molar-refractivity contribution in [2.75, 3.05) is 11.9 Å². The van der Waals surface area contributed by atoms with Crippen molar-refractivity contribution in [3.63, 3.8) is 0 Å². The number of rotatable bonds is 7. The minimum atomic E-state index is -1.21. The Hall–Kier alpha value is -3.78.